The Morgan fingerprint density at radius 3 is 3.11 bits per heavy atom. The molecule has 2 atom stereocenters. The van der Waals surface area contributed by atoms with Gasteiger partial charge in [-0.25, -0.2) is 4.98 Å². The number of hydrogen-bond acceptors (Lipinski definition) is 4. The summed E-state index contributed by atoms with van der Waals surface area (Å²) in [5.41, 5.74) is 0.984. The Kier molecular flexibility index (Phi) is 5.02. The van der Waals surface area contributed by atoms with Gasteiger partial charge in [-0.15, -0.1) is 0 Å². The molecule has 1 saturated heterocycles. The molecule has 2 rings (SSSR count). The highest BCUT2D eigenvalue weighted by atomic mass is 16.5. The van der Waals surface area contributed by atoms with Gasteiger partial charge in [0.1, 0.15) is 0 Å². The summed E-state index contributed by atoms with van der Waals surface area (Å²) in [4.78, 5) is 4.31. The molecule has 1 fully saturated rings. The van der Waals surface area contributed by atoms with Crippen LogP contribution in [0.3, 0.4) is 0 Å². The minimum absolute atomic E-state index is 0.133. The Hall–Kier alpha value is -1.29. The van der Waals surface area contributed by atoms with Crippen molar-refractivity contribution < 1.29 is 9.47 Å². The fourth-order valence-corrected chi connectivity index (χ4v) is 2.33. The number of ether oxygens (including phenoxy) is 2. The molecular weight excluding hydrogens is 240 g/mol. The maximum atomic E-state index is 5.74. The van der Waals surface area contributed by atoms with Gasteiger partial charge in [-0.05, 0) is 45.2 Å². The molecule has 1 aliphatic rings. The zero-order valence-corrected chi connectivity index (χ0v) is 12.1. The maximum absolute atomic E-state index is 5.74. The summed E-state index contributed by atoms with van der Waals surface area (Å²) >= 11 is 0. The molecule has 0 spiro atoms. The molecule has 1 aliphatic heterocycles. The zero-order chi connectivity index (χ0) is 13.7. The molecule has 0 saturated carbocycles. The second-order valence-electron chi connectivity index (χ2n) is 5.29. The van der Waals surface area contributed by atoms with Crippen LogP contribution < -0.4 is 10.1 Å². The molecule has 19 heavy (non-hydrogen) atoms. The van der Waals surface area contributed by atoms with Crippen LogP contribution in [0.25, 0.3) is 0 Å². The normalized spacial score (nSPS) is 23.4. The van der Waals surface area contributed by atoms with Crippen LogP contribution in [0.15, 0.2) is 18.3 Å². The molecule has 0 bridgehead atoms. The predicted octanol–water partition coefficient (Wildman–Crippen LogP) is 3.24. The van der Waals surface area contributed by atoms with Crippen LogP contribution in [-0.2, 0) is 4.74 Å². The minimum atomic E-state index is 0.133. The van der Waals surface area contributed by atoms with Crippen molar-refractivity contribution in [1.82, 2.24) is 4.98 Å². The molecule has 0 aliphatic carbocycles. The molecule has 1 aromatic heterocycles. The van der Waals surface area contributed by atoms with Crippen molar-refractivity contribution in [3.05, 3.63) is 18.3 Å². The van der Waals surface area contributed by atoms with Gasteiger partial charge < -0.3 is 14.8 Å². The summed E-state index contributed by atoms with van der Waals surface area (Å²) in [6.07, 6.45) is 5.42. The van der Waals surface area contributed by atoms with Gasteiger partial charge in [-0.3, -0.25) is 0 Å². The fraction of sp³-hybridized carbons (Fsp3) is 0.667. The van der Waals surface area contributed by atoms with Crippen LogP contribution in [0, 0.1) is 0 Å². The molecule has 106 valence electrons. The van der Waals surface area contributed by atoms with Gasteiger partial charge in [0.15, 0.2) is 0 Å². The Labute approximate surface area is 115 Å². The number of pyridine rings is 1. The maximum Gasteiger partial charge on any atom is 0.237 e. The van der Waals surface area contributed by atoms with Crippen LogP contribution in [0.1, 0.15) is 40.0 Å². The third-order valence-electron chi connectivity index (χ3n) is 3.30. The third kappa shape index (κ3) is 4.10. The molecule has 0 aromatic carbocycles. The van der Waals surface area contributed by atoms with Crippen molar-refractivity contribution in [3.8, 4) is 5.88 Å². The summed E-state index contributed by atoms with van der Waals surface area (Å²) in [7, 11) is 0. The summed E-state index contributed by atoms with van der Waals surface area (Å²) in [6, 6.07) is 4.41. The van der Waals surface area contributed by atoms with Gasteiger partial charge in [0.2, 0.25) is 5.88 Å². The average Bonchev–Trinajstić information content (AvgIpc) is 2.41. The van der Waals surface area contributed by atoms with Gasteiger partial charge in [-0.2, -0.15) is 0 Å². The lowest BCUT2D eigenvalue weighted by Crippen LogP contribution is -2.33. The third-order valence-corrected chi connectivity index (χ3v) is 3.30. The number of nitrogens with one attached hydrogen (secondary N) is 1. The van der Waals surface area contributed by atoms with Gasteiger partial charge in [0.25, 0.3) is 0 Å². The van der Waals surface area contributed by atoms with Crippen LogP contribution in [0.5, 0.6) is 5.88 Å². The minimum Gasteiger partial charge on any atom is -0.473 e. The quantitative estimate of drug-likeness (QED) is 0.886. The molecule has 1 aromatic rings. The summed E-state index contributed by atoms with van der Waals surface area (Å²) in [5, 5.41) is 3.55. The number of aromatic nitrogens is 1. The van der Waals surface area contributed by atoms with E-state index in [9.17, 15) is 0 Å². The van der Waals surface area contributed by atoms with E-state index in [0.717, 1.165) is 31.6 Å². The Balaban J connectivity index is 2.01. The molecule has 0 radical (unpaired) electrons. The molecule has 0 amide bonds. The Morgan fingerprint density at radius 1 is 1.53 bits per heavy atom. The van der Waals surface area contributed by atoms with E-state index in [0.29, 0.717) is 18.0 Å². The molecule has 2 heterocycles. The number of hydrogen-bond donors (Lipinski definition) is 1. The van der Waals surface area contributed by atoms with E-state index in [4.69, 9.17) is 9.47 Å². The molecular formula is C15H24N2O2. The first kappa shape index (κ1) is 14.1. The first-order valence-corrected chi connectivity index (χ1v) is 7.18. The smallest absolute Gasteiger partial charge is 0.237 e. The summed E-state index contributed by atoms with van der Waals surface area (Å²) < 4.78 is 11.4. The predicted molar refractivity (Wildman–Crippen MR) is 76.7 cm³/mol. The van der Waals surface area contributed by atoms with Crippen molar-refractivity contribution in [2.24, 2.45) is 0 Å². The first-order chi connectivity index (χ1) is 9.19. The van der Waals surface area contributed by atoms with E-state index < -0.39 is 0 Å². The highest BCUT2D eigenvalue weighted by molar-refractivity contribution is 5.52. The monoisotopic (exact) mass is 264 g/mol. The molecule has 4 nitrogen and oxygen atoms in total. The lowest BCUT2D eigenvalue weighted by atomic mass is 10.0. The standard InChI is InChI=1S/C15H24N2O2/c1-4-13-10-12(7-9-18-13)17-14-6-5-8-16-15(14)19-11(2)3/h5-6,8,11-13,17H,4,7,9-10H2,1-3H3. The summed E-state index contributed by atoms with van der Waals surface area (Å²) in [5.74, 6) is 0.692. The highest BCUT2D eigenvalue weighted by Crippen LogP contribution is 2.26. The van der Waals surface area contributed by atoms with E-state index >= 15 is 0 Å². The first-order valence-electron chi connectivity index (χ1n) is 7.18. The van der Waals surface area contributed by atoms with Crippen LogP contribution in [0.4, 0.5) is 5.69 Å². The molecule has 4 heteroatoms. The number of anilines is 1. The van der Waals surface area contributed by atoms with Crippen molar-refractivity contribution >= 4 is 5.69 Å². The van der Waals surface area contributed by atoms with Gasteiger partial charge in [-0.1, -0.05) is 6.92 Å². The van der Waals surface area contributed by atoms with Crippen molar-refractivity contribution in [2.45, 2.75) is 58.3 Å². The van der Waals surface area contributed by atoms with Crippen LogP contribution >= 0.6 is 0 Å². The topological polar surface area (TPSA) is 43.4 Å². The number of rotatable bonds is 5. The average molecular weight is 264 g/mol. The highest BCUT2D eigenvalue weighted by Gasteiger charge is 2.22. The van der Waals surface area contributed by atoms with Crippen molar-refractivity contribution in [3.63, 3.8) is 0 Å². The zero-order valence-electron chi connectivity index (χ0n) is 12.1. The lowest BCUT2D eigenvalue weighted by molar-refractivity contribution is 0.00919. The Morgan fingerprint density at radius 2 is 2.37 bits per heavy atom. The van der Waals surface area contributed by atoms with E-state index in [-0.39, 0.29) is 6.10 Å². The SMILES string of the molecule is CCC1CC(Nc2cccnc2OC(C)C)CCO1. The van der Waals surface area contributed by atoms with E-state index in [1.807, 2.05) is 26.0 Å². The van der Waals surface area contributed by atoms with E-state index in [1.54, 1.807) is 6.20 Å². The van der Waals surface area contributed by atoms with Gasteiger partial charge in [0.05, 0.1) is 17.9 Å². The molecule has 1 N–H and O–H groups in total. The van der Waals surface area contributed by atoms with E-state index in [1.165, 1.54) is 0 Å². The van der Waals surface area contributed by atoms with Crippen LogP contribution in [-0.4, -0.2) is 29.8 Å². The van der Waals surface area contributed by atoms with Gasteiger partial charge >= 0.3 is 0 Å². The molecule has 2 unspecified atom stereocenters. The second-order valence-corrected chi connectivity index (χ2v) is 5.29. The van der Waals surface area contributed by atoms with Crippen LogP contribution in [0.2, 0.25) is 0 Å². The van der Waals surface area contributed by atoms with Crippen molar-refractivity contribution in [2.75, 3.05) is 11.9 Å². The number of nitrogens with zero attached hydrogens (tertiary/aromatic N) is 1. The fourth-order valence-electron chi connectivity index (χ4n) is 2.33. The van der Waals surface area contributed by atoms with Gasteiger partial charge in [0, 0.05) is 18.8 Å². The lowest BCUT2D eigenvalue weighted by Gasteiger charge is -2.30. The largest absolute Gasteiger partial charge is 0.473 e. The van der Waals surface area contributed by atoms with E-state index in [2.05, 4.69) is 17.2 Å². The summed E-state index contributed by atoms with van der Waals surface area (Å²) in [6.45, 7) is 7.03. The Bertz CT molecular complexity index is 395. The second kappa shape index (κ2) is 6.75. The van der Waals surface area contributed by atoms with Crippen molar-refractivity contribution in [1.29, 1.82) is 0 Å².